The lowest BCUT2D eigenvalue weighted by molar-refractivity contribution is -0.156. The Balaban J connectivity index is 1.41. The van der Waals surface area contributed by atoms with Gasteiger partial charge in [-0.25, -0.2) is 28.1 Å². The third-order valence-corrected chi connectivity index (χ3v) is 6.99. The number of nitrogens with one attached hydrogen (secondary N) is 1. The van der Waals surface area contributed by atoms with Gasteiger partial charge in [-0.3, -0.25) is 0 Å². The van der Waals surface area contributed by atoms with Crippen molar-refractivity contribution in [3.8, 4) is 11.3 Å². The molecule has 2 aliphatic heterocycles. The highest BCUT2D eigenvalue weighted by molar-refractivity contribution is 6.33. The number of aliphatic hydroxyl groups excluding tert-OH is 1. The molecule has 13 heteroatoms. The number of halogens is 4. The number of fused-ring (bicyclic) bond motifs is 3. The fraction of sp³-hybridized carbons (Fsp3) is 0.522. The van der Waals surface area contributed by atoms with Crippen LogP contribution in [0.1, 0.15) is 38.6 Å². The second-order valence-electron chi connectivity index (χ2n) is 10.00. The summed E-state index contributed by atoms with van der Waals surface area (Å²) in [6.45, 7) is 3.20. The summed E-state index contributed by atoms with van der Waals surface area (Å²) in [6.07, 6.45) is -0.488. The van der Waals surface area contributed by atoms with E-state index in [9.17, 15) is 19.0 Å². The van der Waals surface area contributed by atoms with Crippen LogP contribution in [-0.4, -0.2) is 66.8 Å². The van der Waals surface area contributed by atoms with Crippen molar-refractivity contribution in [1.82, 2.24) is 19.5 Å². The monoisotopic (exact) mass is 525 g/mol. The molecule has 5 atom stereocenters. The molecule has 1 aromatic carbocycles. The summed E-state index contributed by atoms with van der Waals surface area (Å²) in [5.74, 6) is -3.68. The molecule has 0 amide bonds. The largest absolute Gasteiger partial charge is 0.386 e. The van der Waals surface area contributed by atoms with Crippen LogP contribution in [0.2, 0.25) is 5.02 Å². The van der Waals surface area contributed by atoms with E-state index >= 15 is 4.39 Å². The number of imidazole rings is 1. The molecule has 3 N–H and O–H groups in total. The number of hydrogen-bond acceptors (Lipinski definition) is 8. The number of aromatic nitrogens is 4. The predicted molar refractivity (Wildman–Crippen MR) is 122 cm³/mol. The zero-order valence-electron chi connectivity index (χ0n) is 19.3. The Kier molecular flexibility index (Phi) is 5.30. The number of nitrogens with zero attached hydrogens (tertiary/aromatic N) is 4. The van der Waals surface area contributed by atoms with Crippen LogP contribution in [0, 0.1) is 5.82 Å². The molecule has 3 aliphatic rings. The van der Waals surface area contributed by atoms with Gasteiger partial charge in [-0.05, 0) is 32.4 Å². The molecule has 2 bridgehead atoms. The van der Waals surface area contributed by atoms with Crippen LogP contribution in [-0.2, 0) is 15.1 Å². The van der Waals surface area contributed by atoms with Crippen molar-refractivity contribution in [3.63, 3.8) is 0 Å². The number of anilines is 1. The smallest absolute Gasteiger partial charge is 0.270 e. The average molecular weight is 526 g/mol. The van der Waals surface area contributed by atoms with Crippen molar-refractivity contribution in [2.24, 2.45) is 0 Å². The molecule has 3 aromatic rings. The van der Waals surface area contributed by atoms with Gasteiger partial charge in [-0.2, -0.15) is 0 Å². The summed E-state index contributed by atoms with van der Waals surface area (Å²) in [7, 11) is 0. The molecule has 2 aromatic heterocycles. The first-order valence-corrected chi connectivity index (χ1v) is 11.9. The first-order valence-electron chi connectivity index (χ1n) is 11.5. The van der Waals surface area contributed by atoms with Crippen molar-refractivity contribution in [2.45, 2.75) is 68.8 Å². The summed E-state index contributed by atoms with van der Waals surface area (Å²) in [4.78, 5) is 12.8. The van der Waals surface area contributed by atoms with E-state index in [0.29, 0.717) is 13.0 Å². The number of alkyl halides is 2. The van der Waals surface area contributed by atoms with Crippen molar-refractivity contribution in [3.05, 3.63) is 35.0 Å². The van der Waals surface area contributed by atoms with Gasteiger partial charge in [-0.1, -0.05) is 11.6 Å². The Hall–Kier alpha value is -2.51. The number of rotatable bonds is 5. The topological polar surface area (TPSA) is 115 Å². The van der Waals surface area contributed by atoms with E-state index in [0.717, 1.165) is 6.07 Å². The normalized spacial score (nSPS) is 29.1. The third-order valence-electron chi connectivity index (χ3n) is 6.71. The minimum Gasteiger partial charge on any atom is -0.386 e. The first kappa shape index (κ1) is 23.9. The molecule has 1 saturated carbocycles. The quantitative estimate of drug-likeness (QED) is 0.464. The first-order chi connectivity index (χ1) is 16.9. The minimum absolute atomic E-state index is 0.0581. The zero-order chi connectivity index (χ0) is 25.6. The maximum atomic E-state index is 15.2. The van der Waals surface area contributed by atoms with Crippen LogP contribution >= 0.6 is 11.6 Å². The fourth-order valence-corrected chi connectivity index (χ4v) is 5.05. The van der Waals surface area contributed by atoms with E-state index in [-0.39, 0.29) is 45.2 Å². The maximum Gasteiger partial charge on any atom is 0.270 e. The summed E-state index contributed by atoms with van der Waals surface area (Å²) in [5, 5.41) is 24.2. The maximum absolute atomic E-state index is 15.2. The molecule has 9 nitrogen and oxygen atoms in total. The van der Waals surface area contributed by atoms with Crippen LogP contribution in [0.15, 0.2) is 18.3 Å². The highest BCUT2D eigenvalue weighted by Gasteiger charge is 2.60. The third kappa shape index (κ3) is 3.91. The van der Waals surface area contributed by atoms with Gasteiger partial charge in [0.05, 0.1) is 41.2 Å². The van der Waals surface area contributed by atoms with E-state index in [1.165, 1.54) is 30.7 Å². The molecule has 2 saturated heterocycles. The molecule has 36 heavy (non-hydrogen) atoms. The van der Waals surface area contributed by atoms with Gasteiger partial charge in [0.25, 0.3) is 5.92 Å². The van der Waals surface area contributed by atoms with Gasteiger partial charge >= 0.3 is 0 Å². The number of ether oxygens (including phenoxy) is 2. The van der Waals surface area contributed by atoms with Gasteiger partial charge in [0, 0.05) is 12.0 Å². The Bertz CT molecular complexity index is 1360. The predicted octanol–water partition coefficient (Wildman–Crippen LogP) is 3.38. The molecular weight excluding hydrogens is 503 g/mol. The average Bonchev–Trinajstić information content (AvgIpc) is 3.13. The van der Waals surface area contributed by atoms with Crippen molar-refractivity contribution in [2.75, 3.05) is 11.9 Å². The van der Waals surface area contributed by atoms with Crippen LogP contribution < -0.4 is 5.32 Å². The lowest BCUT2D eigenvalue weighted by Crippen LogP contribution is -2.48. The molecule has 3 fully saturated rings. The Morgan fingerprint density at radius 1 is 1.28 bits per heavy atom. The lowest BCUT2D eigenvalue weighted by atomic mass is 10.0. The van der Waals surface area contributed by atoms with Crippen LogP contribution in [0.25, 0.3) is 22.3 Å². The van der Waals surface area contributed by atoms with Gasteiger partial charge in [0.15, 0.2) is 12.1 Å². The van der Waals surface area contributed by atoms with E-state index in [1.807, 2.05) is 0 Å². The summed E-state index contributed by atoms with van der Waals surface area (Å²) in [6, 6.07) is 0.945. The fourth-order valence-electron chi connectivity index (χ4n) is 4.85. The van der Waals surface area contributed by atoms with Gasteiger partial charge in [0.1, 0.15) is 29.1 Å². The second kappa shape index (κ2) is 7.99. The van der Waals surface area contributed by atoms with Gasteiger partial charge in [0.2, 0.25) is 5.95 Å². The van der Waals surface area contributed by atoms with Gasteiger partial charge in [-0.15, -0.1) is 0 Å². The Morgan fingerprint density at radius 2 is 2.03 bits per heavy atom. The van der Waals surface area contributed by atoms with Crippen molar-refractivity contribution >= 4 is 28.6 Å². The number of aliphatic hydroxyl groups is 2. The van der Waals surface area contributed by atoms with E-state index in [4.69, 9.17) is 21.1 Å². The Labute approximate surface area is 208 Å². The lowest BCUT2D eigenvalue weighted by Gasteiger charge is -2.32. The molecule has 4 heterocycles. The SMILES string of the molecule is CC(C)(O)c1nc2c(F)cc(-c3nc(N[C@@H]4C[C@H]5CO[C@H](O5)[C@H]4O)ncc3Cl)cc2n1[C@@H]1CC1(F)F. The van der Waals surface area contributed by atoms with E-state index < -0.39 is 48.2 Å². The zero-order valence-corrected chi connectivity index (χ0v) is 20.0. The molecular formula is C23H23ClF3N5O4. The van der Waals surface area contributed by atoms with E-state index in [2.05, 4.69) is 20.3 Å². The van der Waals surface area contributed by atoms with Crippen LogP contribution in [0.5, 0.6) is 0 Å². The number of benzene rings is 1. The summed E-state index contributed by atoms with van der Waals surface area (Å²) in [5.41, 5.74) is -1.23. The van der Waals surface area contributed by atoms with Crippen molar-refractivity contribution in [1.29, 1.82) is 0 Å². The second-order valence-corrected chi connectivity index (χ2v) is 10.4. The molecule has 0 unspecified atom stereocenters. The Morgan fingerprint density at radius 3 is 2.72 bits per heavy atom. The molecule has 192 valence electrons. The highest BCUT2D eigenvalue weighted by atomic mass is 35.5. The molecule has 6 rings (SSSR count). The van der Waals surface area contributed by atoms with E-state index in [1.54, 1.807) is 0 Å². The highest BCUT2D eigenvalue weighted by Crippen LogP contribution is 2.55. The van der Waals surface area contributed by atoms with Gasteiger partial charge < -0.3 is 29.6 Å². The summed E-state index contributed by atoms with van der Waals surface area (Å²) < 4.78 is 55.6. The molecule has 0 radical (unpaired) electrons. The standard InChI is InChI=1S/C23H23ClF3N5O4/c1-22(2,34)20-30-17-12(25)3-9(4-14(17)32(20)15-6-23(15,26)27)16-11(24)7-28-21(31-16)29-13-5-10-8-35-19(36-10)18(13)33/h3-4,7,10,13,15,18-19,33-34H,5-6,8H2,1-2H3,(H,28,29,31)/t10-,13+,15+,18-,19+/m0/s1. The molecule has 1 aliphatic carbocycles. The number of hydrogen-bond donors (Lipinski definition) is 3. The molecule has 0 spiro atoms. The van der Waals surface area contributed by atoms with Crippen molar-refractivity contribution < 1.29 is 32.9 Å². The summed E-state index contributed by atoms with van der Waals surface area (Å²) >= 11 is 6.35. The minimum atomic E-state index is -2.99. The van der Waals surface area contributed by atoms with Crippen LogP contribution in [0.4, 0.5) is 19.1 Å². The van der Waals surface area contributed by atoms with Crippen LogP contribution in [0.3, 0.4) is 0 Å².